The number of nitrogens with zero attached hydrogens (tertiary/aromatic N) is 1. The molecule has 0 amide bonds. The number of hydrogen-bond acceptors (Lipinski definition) is 3. The van der Waals surface area contributed by atoms with Gasteiger partial charge in [0, 0.05) is 31.4 Å². The van der Waals surface area contributed by atoms with Crippen LogP contribution in [-0.4, -0.2) is 23.1 Å². The van der Waals surface area contributed by atoms with Crippen LogP contribution >= 0.6 is 0 Å². The van der Waals surface area contributed by atoms with Crippen molar-refractivity contribution in [3.05, 3.63) is 48.0 Å². The summed E-state index contributed by atoms with van der Waals surface area (Å²) in [6, 6.07) is 8.35. The van der Waals surface area contributed by atoms with Crippen LogP contribution < -0.4 is 10.1 Å². The lowest BCUT2D eigenvalue weighted by atomic mass is 10.2. The van der Waals surface area contributed by atoms with Gasteiger partial charge < -0.3 is 15.0 Å². The van der Waals surface area contributed by atoms with Crippen LogP contribution in [0.3, 0.4) is 0 Å². The van der Waals surface area contributed by atoms with Crippen LogP contribution in [0.5, 0.6) is 5.75 Å². The molecule has 0 atom stereocenters. The maximum Gasteiger partial charge on any atom is 0.119 e. The van der Waals surface area contributed by atoms with Crippen LogP contribution in [0.25, 0.3) is 0 Å². The minimum absolute atomic E-state index is 0.815. The Morgan fingerprint density at radius 2 is 2.05 bits per heavy atom. The molecule has 0 aliphatic carbocycles. The van der Waals surface area contributed by atoms with Gasteiger partial charge in [-0.25, -0.2) is 4.98 Å². The number of imidazole rings is 1. The van der Waals surface area contributed by atoms with Crippen molar-refractivity contribution in [3.63, 3.8) is 0 Å². The molecule has 0 radical (unpaired) electrons. The number of hydrogen-bond donors (Lipinski definition) is 2. The quantitative estimate of drug-likeness (QED) is 0.659. The van der Waals surface area contributed by atoms with E-state index in [2.05, 4.69) is 46.5 Å². The second-order valence-corrected chi connectivity index (χ2v) is 5.20. The molecule has 0 saturated carbocycles. The molecule has 0 saturated heterocycles. The fourth-order valence-electron chi connectivity index (χ4n) is 2.12. The molecule has 1 aromatic heterocycles. The molecule has 2 rings (SSSR count). The van der Waals surface area contributed by atoms with Gasteiger partial charge in [0.1, 0.15) is 5.75 Å². The summed E-state index contributed by atoms with van der Waals surface area (Å²) in [5.41, 5.74) is 2.44. The van der Waals surface area contributed by atoms with Crippen LogP contribution in [0.4, 0.5) is 0 Å². The number of unbranched alkanes of at least 4 members (excludes halogenated alkanes) is 2. The highest BCUT2D eigenvalue weighted by molar-refractivity contribution is 5.27. The standard InChI is InChI=1S/C17H25N3O/c1-2-3-4-11-21-17-7-5-15(6-8-17)12-18-10-9-16-13-19-14-20-16/h5-8,13-14,18H,2-4,9-12H2,1H3,(H,19,20). The van der Waals surface area contributed by atoms with Gasteiger partial charge in [-0.15, -0.1) is 0 Å². The fraction of sp³-hybridized carbons (Fsp3) is 0.471. The van der Waals surface area contributed by atoms with E-state index in [-0.39, 0.29) is 0 Å². The minimum atomic E-state index is 0.815. The van der Waals surface area contributed by atoms with Gasteiger partial charge in [0.15, 0.2) is 0 Å². The maximum absolute atomic E-state index is 5.71. The molecule has 0 fully saturated rings. The molecule has 1 aromatic carbocycles. The third-order valence-electron chi connectivity index (χ3n) is 3.40. The second kappa shape index (κ2) is 9.19. The van der Waals surface area contributed by atoms with E-state index in [1.807, 2.05) is 6.20 Å². The Hall–Kier alpha value is -1.81. The zero-order valence-electron chi connectivity index (χ0n) is 12.8. The summed E-state index contributed by atoms with van der Waals surface area (Å²) in [5, 5.41) is 3.43. The van der Waals surface area contributed by atoms with Gasteiger partial charge in [0.2, 0.25) is 0 Å². The Morgan fingerprint density at radius 3 is 2.76 bits per heavy atom. The van der Waals surface area contributed by atoms with Crippen LogP contribution in [0.15, 0.2) is 36.8 Å². The number of aromatic nitrogens is 2. The lowest BCUT2D eigenvalue weighted by Gasteiger charge is -2.08. The van der Waals surface area contributed by atoms with E-state index in [9.17, 15) is 0 Å². The summed E-state index contributed by atoms with van der Waals surface area (Å²) >= 11 is 0. The monoisotopic (exact) mass is 287 g/mol. The van der Waals surface area contributed by atoms with E-state index in [0.29, 0.717) is 0 Å². The van der Waals surface area contributed by atoms with E-state index in [0.717, 1.165) is 38.3 Å². The molecule has 0 unspecified atom stereocenters. The van der Waals surface area contributed by atoms with Gasteiger partial charge in [-0.1, -0.05) is 31.9 Å². The molecular formula is C17H25N3O. The molecule has 4 nitrogen and oxygen atoms in total. The topological polar surface area (TPSA) is 49.9 Å². The lowest BCUT2D eigenvalue weighted by molar-refractivity contribution is 0.306. The number of ether oxygens (including phenoxy) is 1. The molecule has 2 N–H and O–H groups in total. The summed E-state index contributed by atoms with van der Waals surface area (Å²) in [7, 11) is 0. The van der Waals surface area contributed by atoms with Crippen molar-refractivity contribution in [1.29, 1.82) is 0 Å². The van der Waals surface area contributed by atoms with Gasteiger partial charge in [-0.05, 0) is 24.1 Å². The van der Waals surface area contributed by atoms with E-state index >= 15 is 0 Å². The van der Waals surface area contributed by atoms with Crippen LogP contribution in [0.1, 0.15) is 37.4 Å². The number of aromatic amines is 1. The average molecular weight is 287 g/mol. The highest BCUT2D eigenvalue weighted by atomic mass is 16.5. The zero-order chi connectivity index (χ0) is 14.8. The molecular weight excluding hydrogens is 262 g/mol. The second-order valence-electron chi connectivity index (χ2n) is 5.20. The summed E-state index contributed by atoms with van der Waals surface area (Å²) in [6.07, 6.45) is 8.15. The first-order valence-electron chi connectivity index (χ1n) is 7.78. The SMILES string of the molecule is CCCCCOc1ccc(CNCCc2cnc[nH]2)cc1. The van der Waals surface area contributed by atoms with Crippen molar-refractivity contribution in [3.8, 4) is 5.75 Å². The molecule has 1 heterocycles. The summed E-state index contributed by atoms with van der Waals surface area (Å²) < 4.78 is 5.71. The largest absolute Gasteiger partial charge is 0.494 e. The normalized spacial score (nSPS) is 10.7. The van der Waals surface area contributed by atoms with Crippen molar-refractivity contribution in [2.75, 3.05) is 13.2 Å². The Balaban J connectivity index is 1.62. The van der Waals surface area contributed by atoms with Crippen molar-refractivity contribution in [2.24, 2.45) is 0 Å². The van der Waals surface area contributed by atoms with Crippen LogP contribution in [-0.2, 0) is 13.0 Å². The first-order chi connectivity index (χ1) is 10.4. The molecule has 21 heavy (non-hydrogen) atoms. The Labute approximate surface area is 127 Å². The third kappa shape index (κ3) is 6.00. The molecule has 0 spiro atoms. The van der Waals surface area contributed by atoms with Gasteiger partial charge in [-0.3, -0.25) is 0 Å². The summed E-state index contributed by atoms with van der Waals surface area (Å²) in [4.78, 5) is 7.11. The van der Waals surface area contributed by atoms with Crippen molar-refractivity contribution >= 4 is 0 Å². The Kier molecular flexibility index (Phi) is 6.81. The highest BCUT2D eigenvalue weighted by Gasteiger charge is 1.97. The molecule has 4 heteroatoms. The highest BCUT2D eigenvalue weighted by Crippen LogP contribution is 2.12. The lowest BCUT2D eigenvalue weighted by Crippen LogP contribution is -2.16. The minimum Gasteiger partial charge on any atom is -0.494 e. The van der Waals surface area contributed by atoms with Crippen molar-refractivity contribution in [2.45, 2.75) is 39.2 Å². The fourth-order valence-corrected chi connectivity index (χ4v) is 2.12. The zero-order valence-corrected chi connectivity index (χ0v) is 12.8. The molecule has 114 valence electrons. The number of nitrogens with one attached hydrogen (secondary N) is 2. The predicted molar refractivity (Wildman–Crippen MR) is 85.5 cm³/mol. The smallest absolute Gasteiger partial charge is 0.119 e. The third-order valence-corrected chi connectivity index (χ3v) is 3.40. The summed E-state index contributed by atoms with van der Waals surface area (Å²) in [5.74, 6) is 0.965. The van der Waals surface area contributed by atoms with E-state index < -0.39 is 0 Å². The van der Waals surface area contributed by atoms with E-state index in [1.54, 1.807) is 6.33 Å². The summed E-state index contributed by atoms with van der Waals surface area (Å²) in [6.45, 7) is 4.84. The number of H-pyrrole nitrogens is 1. The van der Waals surface area contributed by atoms with E-state index in [4.69, 9.17) is 4.74 Å². The number of benzene rings is 1. The first-order valence-corrected chi connectivity index (χ1v) is 7.78. The maximum atomic E-state index is 5.71. The van der Waals surface area contributed by atoms with Gasteiger partial charge in [0.05, 0.1) is 12.9 Å². The molecule has 0 bridgehead atoms. The van der Waals surface area contributed by atoms with Crippen molar-refractivity contribution < 1.29 is 4.74 Å². The molecule has 0 aliphatic heterocycles. The van der Waals surface area contributed by atoms with Gasteiger partial charge >= 0.3 is 0 Å². The Morgan fingerprint density at radius 1 is 1.19 bits per heavy atom. The van der Waals surface area contributed by atoms with Gasteiger partial charge in [-0.2, -0.15) is 0 Å². The predicted octanol–water partition coefficient (Wildman–Crippen LogP) is 3.31. The first kappa shape index (κ1) is 15.6. The Bertz CT molecular complexity index is 479. The molecule has 2 aromatic rings. The van der Waals surface area contributed by atoms with Crippen LogP contribution in [0.2, 0.25) is 0 Å². The van der Waals surface area contributed by atoms with E-state index in [1.165, 1.54) is 24.1 Å². The number of rotatable bonds is 10. The average Bonchev–Trinajstić information content (AvgIpc) is 3.03. The molecule has 0 aliphatic rings. The van der Waals surface area contributed by atoms with Gasteiger partial charge in [0.25, 0.3) is 0 Å². The van der Waals surface area contributed by atoms with Crippen molar-refractivity contribution in [1.82, 2.24) is 15.3 Å². The van der Waals surface area contributed by atoms with Crippen LogP contribution in [0, 0.1) is 0 Å².